The van der Waals surface area contributed by atoms with Crippen LogP contribution in [0.5, 0.6) is 0 Å². The zero-order valence-electron chi connectivity index (χ0n) is 15.8. The van der Waals surface area contributed by atoms with Crippen molar-refractivity contribution in [3.63, 3.8) is 0 Å². The summed E-state index contributed by atoms with van der Waals surface area (Å²) in [7, 11) is -3.73. The van der Waals surface area contributed by atoms with Gasteiger partial charge in [0.1, 0.15) is 4.90 Å². The van der Waals surface area contributed by atoms with Crippen molar-refractivity contribution < 1.29 is 18.1 Å². The van der Waals surface area contributed by atoms with Crippen LogP contribution in [0.2, 0.25) is 0 Å². The Morgan fingerprint density at radius 2 is 1.71 bits per heavy atom. The molecule has 0 atom stereocenters. The molecule has 0 aliphatic carbocycles. The Hall–Kier alpha value is -2.74. The number of aryl methyl sites for hydroxylation is 1. The smallest absolute Gasteiger partial charge is 0.288 e. The van der Waals surface area contributed by atoms with Crippen LogP contribution in [0.3, 0.4) is 0 Å². The number of hydrogen-bond donors (Lipinski definition) is 0. The molecule has 0 spiro atoms. The summed E-state index contributed by atoms with van der Waals surface area (Å²) in [5.41, 5.74) is 2.01. The van der Waals surface area contributed by atoms with Gasteiger partial charge >= 0.3 is 0 Å². The van der Waals surface area contributed by atoms with Gasteiger partial charge in [0.25, 0.3) is 5.69 Å². The number of anilines is 1. The highest BCUT2D eigenvalue weighted by atomic mass is 32.2. The second kappa shape index (κ2) is 7.71. The van der Waals surface area contributed by atoms with Crippen molar-refractivity contribution >= 4 is 27.0 Å². The van der Waals surface area contributed by atoms with Crippen molar-refractivity contribution in [1.29, 1.82) is 0 Å². The van der Waals surface area contributed by atoms with Crippen molar-refractivity contribution in [1.82, 2.24) is 0 Å². The van der Waals surface area contributed by atoms with E-state index in [0.29, 0.717) is 37.2 Å². The van der Waals surface area contributed by atoms with Crippen LogP contribution in [0.4, 0.5) is 11.4 Å². The molecule has 0 aromatic heterocycles. The Morgan fingerprint density at radius 1 is 1.11 bits per heavy atom. The molecule has 28 heavy (non-hydrogen) atoms. The minimum absolute atomic E-state index is 0.0774. The molecule has 0 unspecified atom stereocenters. The first-order chi connectivity index (χ1) is 13.2. The molecule has 8 heteroatoms. The van der Waals surface area contributed by atoms with E-state index in [9.17, 15) is 23.3 Å². The highest BCUT2D eigenvalue weighted by Gasteiger charge is 2.28. The second-order valence-electron chi connectivity index (χ2n) is 7.17. The number of hydrogen-bond acceptors (Lipinski definition) is 6. The second-order valence-corrected chi connectivity index (χ2v) is 9.16. The predicted molar refractivity (Wildman–Crippen MR) is 107 cm³/mol. The molecule has 0 saturated carbocycles. The lowest BCUT2D eigenvalue weighted by Crippen LogP contribution is -2.36. The maximum Gasteiger partial charge on any atom is 0.288 e. The van der Waals surface area contributed by atoms with Gasteiger partial charge in [0.2, 0.25) is 0 Å². The molecule has 0 bridgehead atoms. The number of sulfone groups is 1. The van der Waals surface area contributed by atoms with E-state index in [1.807, 2.05) is 36.1 Å². The van der Waals surface area contributed by atoms with Crippen LogP contribution in [-0.2, 0) is 9.84 Å². The summed E-state index contributed by atoms with van der Waals surface area (Å²) in [6, 6.07) is 11.7. The number of benzene rings is 2. The number of carbonyl (C=O) groups is 1. The number of ketones is 1. The van der Waals surface area contributed by atoms with Gasteiger partial charge in [-0.25, -0.2) is 8.42 Å². The zero-order chi connectivity index (χ0) is 20.5. The molecule has 1 saturated heterocycles. The van der Waals surface area contributed by atoms with Crippen LogP contribution < -0.4 is 4.90 Å². The van der Waals surface area contributed by atoms with E-state index in [0.717, 1.165) is 11.8 Å². The zero-order valence-corrected chi connectivity index (χ0v) is 16.6. The fourth-order valence-electron chi connectivity index (χ4n) is 3.50. The van der Waals surface area contributed by atoms with E-state index < -0.39 is 20.4 Å². The summed E-state index contributed by atoms with van der Waals surface area (Å²) in [5, 5.41) is 11.1. The van der Waals surface area contributed by atoms with E-state index in [-0.39, 0.29) is 16.6 Å². The summed E-state index contributed by atoms with van der Waals surface area (Å²) < 4.78 is 23.9. The molecule has 1 heterocycles. The van der Waals surface area contributed by atoms with Gasteiger partial charge < -0.3 is 4.90 Å². The summed E-state index contributed by atoms with van der Waals surface area (Å²) in [5.74, 6) is 0.0477. The fourth-order valence-corrected chi connectivity index (χ4v) is 4.36. The van der Waals surface area contributed by atoms with Crippen molar-refractivity contribution in [3.05, 3.63) is 63.7 Å². The average Bonchev–Trinajstić information content (AvgIpc) is 2.67. The maximum atomic E-state index is 12.7. The van der Waals surface area contributed by atoms with Crippen molar-refractivity contribution in [3.8, 4) is 0 Å². The molecule has 0 amide bonds. The predicted octanol–water partition coefficient (Wildman–Crippen LogP) is 3.41. The van der Waals surface area contributed by atoms with E-state index in [4.69, 9.17) is 0 Å². The molecular formula is C20H22N2O5S. The number of nitrogens with zero attached hydrogens (tertiary/aromatic N) is 2. The standard InChI is InChI=1S/C20H22N2O5S/c1-14-3-5-15(6-4-14)20(23)16-9-11-21(12-10-16)17-7-8-18(22(24)25)19(13-17)28(2,26)27/h3-8,13,16H,9-12H2,1-2H3. The van der Waals surface area contributed by atoms with Gasteiger partial charge in [-0.2, -0.15) is 0 Å². The maximum absolute atomic E-state index is 12.7. The molecule has 3 rings (SSSR count). The Morgan fingerprint density at radius 3 is 2.25 bits per heavy atom. The van der Waals surface area contributed by atoms with Gasteiger partial charge in [-0.3, -0.25) is 14.9 Å². The van der Waals surface area contributed by atoms with Crippen LogP contribution in [0, 0.1) is 23.0 Å². The summed E-state index contributed by atoms with van der Waals surface area (Å²) in [4.78, 5) is 24.8. The molecule has 1 aliphatic rings. The van der Waals surface area contributed by atoms with Crippen LogP contribution in [0.1, 0.15) is 28.8 Å². The summed E-state index contributed by atoms with van der Waals surface area (Å²) >= 11 is 0. The molecule has 2 aromatic rings. The molecule has 1 fully saturated rings. The summed E-state index contributed by atoms with van der Waals surface area (Å²) in [6.45, 7) is 3.15. The van der Waals surface area contributed by atoms with Gasteiger partial charge in [0.15, 0.2) is 15.6 Å². The first kappa shape index (κ1) is 20.0. The number of nitro groups is 1. The third-order valence-corrected chi connectivity index (χ3v) is 6.23. The number of carbonyl (C=O) groups excluding carboxylic acids is 1. The van der Waals surface area contributed by atoms with Crippen molar-refractivity contribution in [2.45, 2.75) is 24.7 Å². The largest absolute Gasteiger partial charge is 0.371 e. The van der Waals surface area contributed by atoms with Crippen molar-refractivity contribution in [2.75, 3.05) is 24.2 Å². The van der Waals surface area contributed by atoms with Crippen LogP contribution in [-0.4, -0.2) is 38.5 Å². The third kappa shape index (κ3) is 4.22. The first-order valence-electron chi connectivity index (χ1n) is 9.01. The highest BCUT2D eigenvalue weighted by Crippen LogP contribution is 2.31. The molecule has 0 radical (unpaired) electrons. The Balaban J connectivity index is 1.75. The minimum Gasteiger partial charge on any atom is -0.371 e. The molecule has 2 aromatic carbocycles. The van der Waals surface area contributed by atoms with Crippen LogP contribution in [0.25, 0.3) is 0 Å². The molecule has 7 nitrogen and oxygen atoms in total. The molecule has 0 N–H and O–H groups in total. The Kier molecular flexibility index (Phi) is 5.51. The minimum atomic E-state index is -3.73. The Bertz CT molecular complexity index is 1010. The van der Waals surface area contributed by atoms with Gasteiger partial charge in [-0.05, 0) is 31.9 Å². The molecule has 148 valence electrons. The quantitative estimate of drug-likeness (QED) is 0.432. The lowest BCUT2D eigenvalue weighted by Gasteiger charge is -2.33. The van der Waals surface area contributed by atoms with E-state index >= 15 is 0 Å². The number of nitro benzene ring substituents is 1. The fraction of sp³-hybridized carbons (Fsp3) is 0.350. The lowest BCUT2D eigenvalue weighted by molar-refractivity contribution is -0.387. The van der Waals surface area contributed by atoms with Crippen molar-refractivity contribution in [2.24, 2.45) is 5.92 Å². The number of rotatable bonds is 5. The normalized spacial score (nSPS) is 15.4. The highest BCUT2D eigenvalue weighted by molar-refractivity contribution is 7.90. The van der Waals surface area contributed by atoms with Gasteiger partial charge in [-0.15, -0.1) is 0 Å². The lowest BCUT2D eigenvalue weighted by atomic mass is 9.88. The molecule has 1 aliphatic heterocycles. The Labute approximate surface area is 164 Å². The van der Waals surface area contributed by atoms with Crippen LogP contribution >= 0.6 is 0 Å². The van der Waals surface area contributed by atoms with Gasteiger partial charge in [0, 0.05) is 42.6 Å². The van der Waals surface area contributed by atoms with Crippen LogP contribution in [0.15, 0.2) is 47.4 Å². The first-order valence-corrected chi connectivity index (χ1v) is 10.9. The summed E-state index contributed by atoms with van der Waals surface area (Å²) in [6.07, 6.45) is 2.27. The van der Waals surface area contributed by atoms with E-state index in [1.54, 1.807) is 6.07 Å². The van der Waals surface area contributed by atoms with E-state index in [2.05, 4.69) is 0 Å². The molecular weight excluding hydrogens is 380 g/mol. The van der Waals surface area contributed by atoms with Gasteiger partial charge in [-0.1, -0.05) is 29.8 Å². The SMILES string of the molecule is Cc1ccc(C(=O)C2CCN(c3ccc([N+](=O)[O-])c(S(C)(=O)=O)c3)CC2)cc1. The number of piperidine rings is 1. The monoisotopic (exact) mass is 402 g/mol. The third-order valence-electron chi connectivity index (χ3n) is 5.11. The van der Waals surface area contributed by atoms with Gasteiger partial charge in [0.05, 0.1) is 4.92 Å². The average molecular weight is 402 g/mol. The number of Topliss-reactive ketones (excluding diaryl/α,β-unsaturated/α-hetero) is 1. The van der Waals surface area contributed by atoms with E-state index in [1.165, 1.54) is 12.1 Å². The topological polar surface area (TPSA) is 97.6 Å².